The van der Waals surface area contributed by atoms with E-state index in [1.165, 1.54) is 6.20 Å². The molecule has 0 saturated carbocycles. The minimum atomic E-state index is -0.590. The van der Waals surface area contributed by atoms with Crippen LogP contribution in [0.3, 0.4) is 0 Å². The third-order valence-electron chi connectivity index (χ3n) is 8.61. The van der Waals surface area contributed by atoms with Crippen molar-refractivity contribution in [1.29, 1.82) is 0 Å². The van der Waals surface area contributed by atoms with Crippen LogP contribution in [0.2, 0.25) is 0 Å². The normalized spacial score (nSPS) is 18.1. The highest BCUT2D eigenvalue weighted by atomic mass is 16.5. The van der Waals surface area contributed by atoms with Crippen LogP contribution in [-0.4, -0.2) is 77.7 Å². The Morgan fingerprint density at radius 3 is 2.56 bits per heavy atom. The Hall–Kier alpha value is -4.22. The third kappa shape index (κ3) is 6.28. The Labute approximate surface area is 252 Å². The molecule has 11 nitrogen and oxygen atoms in total. The Kier molecular flexibility index (Phi) is 8.31. The SMILES string of the molecule is COCCN1C(=O)COc2cc(-c3ccccc3Nc3ncc(C(N)=O)c(NC4CC(C)(C)N(C)C(C)(C)C4)n3)ccc21. The van der Waals surface area contributed by atoms with Crippen molar-refractivity contribution in [3.05, 3.63) is 54.2 Å². The summed E-state index contributed by atoms with van der Waals surface area (Å²) in [4.78, 5) is 38.0. The molecule has 1 fully saturated rings. The number of methoxy groups -OCH3 is 1. The number of benzene rings is 2. The quantitative estimate of drug-likeness (QED) is 0.332. The second-order valence-corrected chi connectivity index (χ2v) is 12.4. The van der Waals surface area contributed by atoms with Gasteiger partial charge in [0.25, 0.3) is 11.8 Å². The number of primary amides is 1. The molecule has 1 saturated heterocycles. The average Bonchev–Trinajstić information content (AvgIpc) is 2.95. The van der Waals surface area contributed by atoms with Gasteiger partial charge in [0.15, 0.2) is 6.61 Å². The first-order valence-electron chi connectivity index (χ1n) is 14.5. The van der Waals surface area contributed by atoms with Gasteiger partial charge in [0.2, 0.25) is 5.95 Å². The standard InChI is InChI=1S/C32H41N7O4/c1-31(2)16-21(17-32(3,4)38(31)5)35-29-23(28(33)41)18-34-30(37-29)36-24-10-8-7-9-22(24)20-11-12-25-26(15-20)43-19-27(40)39(25)13-14-42-6/h7-12,15,18,21H,13-14,16-17,19H2,1-6H3,(H2,33,41)(H2,34,35,36,37). The number of aromatic nitrogens is 2. The number of hydrogen-bond acceptors (Lipinski definition) is 9. The summed E-state index contributed by atoms with van der Waals surface area (Å²) in [7, 11) is 3.76. The van der Waals surface area contributed by atoms with Gasteiger partial charge in [0.1, 0.15) is 11.6 Å². The van der Waals surface area contributed by atoms with Crippen LogP contribution in [0, 0.1) is 0 Å². The van der Waals surface area contributed by atoms with E-state index in [9.17, 15) is 9.59 Å². The number of ether oxygens (including phenoxy) is 2. The van der Waals surface area contributed by atoms with Gasteiger partial charge in [-0.1, -0.05) is 24.3 Å². The molecule has 0 aliphatic carbocycles. The summed E-state index contributed by atoms with van der Waals surface area (Å²) < 4.78 is 11.0. The maximum absolute atomic E-state index is 12.5. The Bertz CT molecular complexity index is 1510. The van der Waals surface area contributed by atoms with Gasteiger partial charge in [-0.25, -0.2) is 4.98 Å². The molecule has 11 heteroatoms. The fraction of sp³-hybridized carbons (Fsp3) is 0.438. The minimum absolute atomic E-state index is 0.0263. The monoisotopic (exact) mass is 587 g/mol. The van der Waals surface area contributed by atoms with E-state index in [0.717, 1.165) is 29.7 Å². The number of likely N-dealkylation sites (tertiary alicyclic amines) is 1. The Morgan fingerprint density at radius 2 is 1.86 bits per heavy atom. The number of nitrogens with one attached hydrogen (secondary N) is 2. The minimum Gasteiger partial charge on any atom is -0.482 e. The van der Waals surface area contributed by atoms with Gasteiger partial charge in [-0.2, -0.15) is 4.98 Å². The molecular formula is C32H41N7O4. The number of piperidine rings is 1. The summed E-state index contributed by atoms with van der Waals surface area (Å²) in [6, 6.07) is 13.6. The number of hydrogen-bond donors (Lipinski definition) is 3. The average molecular weight is 588 g/mol. The van der Waals surface area contributed by atoms with Crippen LogP contribution in [-0.2, 0) is 9.53 Å². The molecule has 2 aliphatic rings. The van der Waals surface area contributed by atoms with Crippen LogP contribution in [0.15, 0.2) is 48.7 Å². The van der Waals surface area contributed by atoms with Crippen LogP contribution in [0.25, 0.3) is 11.1 Å². The van der Waals surface area contributed by atoms with Crippen molar-refractivity contribution in [3.8, 4) is 16.9 Å². The molecule has 3 heterocycles. The number of nitrogens with zero attached hydrogens (tertiary/aromatic N) is 4. The number of carbonyl (C=O) groups excluding carboxylic acids is 2. The molecule has 2 aliphatic heterocycles. The molecule has 228 valence electrons. The first kappa shape index (κ1) is 30.2. The smallest absolute Gasteiger partial charge is 0.265 e. The van der Waals surface area contributed by atoms with Crippen molar-refractivity contribution in [2.75, 3.05) is 49.4 Å². The van der Waals surface area contributed by atoms with Crippen LogP contribution in [0.1, 0.15) is 50.9 Å². The van der Waals surface area contributed by atoms with Gasteiger partial charge >= 0.3 is 0 Å². The lowest BCUT2D eigenvalue weighted by molar-refractivity contribution is -0.121. The number of rotatable bonds is 9. The van der Waals surface area contributed by atoms with Gasteiger partial charge < -0.3 is 30.7 Å². The van der Waals surface area contributed by atoms with Crippen LogP contribution in [0.4, 0.5) is 23.1 Å². The van der Waals surface area contributed by atoms with Crippen molar-refractivity contribution >= 4 is 35.0 Å². The van der Waals surface area contributed by atoms with Gasteiger partial charge in [-0.05, 0) is 71.3 Å². The molecule has 4 N–H and O–H groups in total. The van der Waals surface area contributed by atoms with E-state index in [-0.39, 0.29) is 35.2 Å². The summed E-state index contributed by atoms with van der Waals surface area (Å²) in [5.74, 6) is 0.671. The van der Waals surface area contributed by atoms with Gasteiger partial charge in [-0.15, -0.1) is 0 Å². The number of fused-ring (bicyclic) bond motifs is 1. The number of para-hydroxylation sites is 1. The number of nitrogens with two attached hydrogens (primary N) is 1. The zero-order chi connectivity index (χ0) is 30.9. The lowest BCUT2D eigenvalue weighted by Gasteiger charge is -2.53. The van der Waals surface area contributed by atoms with E-state index < -0.39 is 5.91 Å². The molecule has 0 unspecified atom stereocenters. The fourth-order valence-corrected chi connectivity index (χ4v) is 6.16. The van der Waals surface area contributed by atoms with E-state index in [4.69, 9.17) is 20.2 Å². The molecule has 0 atom stereocenters. The summed E-state index contributed by atoms with van der Waals surface area (Å²) in [5.41, 5.74) is 9.13. The fourth-order valence-electron chi connectivity index (χ4n) is 6.16. The maximum atomic E-state index is 12.5. The van der Waals surface area contributed by atoms with E-state index in [1.54, 1.807) is 12.0 Å². The topological polar surface area (TPSA) is 135 Å². The van der Waals surface area contributed by atoms with Crippen molar-refractivity contribution in [2.45, 2.75) is 57.7 Å². The van der Waals surface area contributed by atoms with E-state index >= 15 is 0 Å². The molecule has 2 amide bonds. The van der Waals surface area contributed by atoms with E-state index in [1.807, 2.05) is 42.5 Å². The molecule has 1 aromatic heterocycles. The van der Waals surface area contributed by atoms with Crippen molar-refractivity contribution in [3.63, 3.8) is 0 Å². The van der Waals surface area contributed by atoms with Crippen molar-refractivity contribution in [2.24, 2.45) is 5.73 Å². The van der Waals surface area contributed by atoms with E-state index in [0.29, 0.717) is 36.4 Å². The Balaban J connectivity index is 1.43. The summed E-state index contributed by atoms with van der Waals surface area (Å²) >= 11 is 0. The summed E-state index contributed by atoms with van der Waals surface area (Å²) in [6.45, 7) is 9.75. The summed E-state index contributed by atoms with van der Waals surface area (Å²) in [6.07, 6.45) is 3.21. The predicted octanol–water partition coefficient (Wildman–Crippen LogP) is 4.42. The second kappa shape index (κ2) is 11.8. The van der Waals surface area contributed by atoms with Crippen LogP contribution < -0.4 is 26.0 Å². The summed E-state index contributed by atoms with van der Waals surface area (Å²) in [5, 5.41) is 6.85. The molecule has 5 rings (SSSR count). The lowest BCUT2D eigenvalue weighted by Crippen LogP contribution is -2.61. The largest absolute Gasteiger partial charge is 0.482 e. The van der Waals surface area contributed by atoms with Gasteiger partial charge in [-0.3, -0.25) is 14.5 Å². The molecule has 0 radical (unpaired) electrons. The molecular weight excluding hydrogens is 546 g/mol. The van der Waals surface area contributed by atoms with Crippen LogP contribution >= 0.6 is 0 Å². The van der Waals surface area contributed by atoms with Gasteiger partial charge in [0.05, 0.1) is 17.9 Å². The zero-order valence-corrected chi connectivity index (χ0v) is 25.7. The molecule has 2 aromatic carbocycles. The molecule has 43 heavy (non-hydrogen) atoms. The van der Waals surface area contributed by atoms with Gasteiger partial charge in [0, 0.05) is 48.2 Å². The first-order chi connectivity index (χ1) is 20.4. The number of anilines is 4. The zero-order valence-electron chi connectivity index (χ0n) is 25.7. The molecule has 0 bridgehead atoms. The lowest BCUT2D eigenvalue weighted by atomic mass is 9.77. The highest BCUT2D eigenvalue weighted by Gasteiger charge is 2.43. The highest BCUT2D eigenvalue weighted by Crippen LogP contribution is 2.40. The maximum Gasteiger partial charge on any atom is 0.265 e. The number of amides is 2. The van der Waals surface area contributed by atoms with Crippen molar-refractivity contribution in [1.82, 2.24) is 14.9 Å². The van der Waals surface area contributed by atoms with Crippen molar-refractivity contribution < 1.29 is 19.1 Å². The molecule has 3 aromatic rings. The highest BCUT2D eigenvalue weighted by molar-refractivity contribution is 5.99. The Morgan fingerprint density at radius 1 is 1.14 bits per heavy atom. The number of carbonyl (C=O) groups is 2. The third-order valence-corrected chi connectivity index (χ3v) is 8.61. The predicted molar refractivity (Wildman–Crippen MR) is 168 cm³/mol. The van der Waals surface area contributed by atoms with Crippen LogP contribution in [0.5, 0.6) is 5.75 Å². The second-order valence-electron chi connectivity index (χ2n) is 12.4. The van der Waals surface area contributed by atoms with E-state index in [2.05, 4.69) is 55.3 Å². The first-order valence-corrected chi connectivity index (χ1v) is 14.5. The molecule has 0 spiro atoms.